The first-order chi connectivity index (χ1) is 24.6. The number of carboxylic acids is 2. The third kappa shape index (κ3) is 34.9. The largest absolute Gasteiger partial charge is 0.481 e. The molecular formula is C35H64N4O12. The molecule has 0 fully saturated rings. The summed E-state index contributed by atoms with van der Waals surface area (Å²) >= 11 is 0. The van der Waals surface area contributed by atoms with Gasteiger partial charge in [-0.3, -0.25) is 24.0 Å². The number of unbranched alkanes of at least 4 members (excludes halogenated alkanes) is 10. The van der Waals surface area contributed by atoms with Gasteiger partial charge in [0.05, 0.1) is 39.6 Å². The number of nitrogens with one attached hydrogen (secondary N) is 4. The normalized spacial score (nSPS) is 11.5. The Hall–Kier alpha value is -3.34. The fourth-order valence-corrected chi connectivity index (χ4v) is 4.67. The van der Waals surface area contributed by atoms with Crippen LogP contribution in [0.25, 0.3) is 0 Å². The highest BCUT2D eigenvalue weighted by molar-refractivity contribution is 5.84. The monoisotopic (exact) mass is 732 g/mol. The van der Waals surface area contributed by atoms with Crippen LogP contribution in [-0.4, -0.2) is 124 Å². The summed E-state index contributed by atoms with van der Waals surface area (Å²) in [5.41, 5.74) is 0. The van der Waals surface area contributed by atoms with Crippen molar-refractivity contribution < 1.29 is 57.9 Å². The zero-order valence-electron chi connectivity index (χ0n) is 30.6. The smallest absolute Gasteiger partial charge is 0.326 e. The third-order valence-corrected chi connectivity index (χ3v) is 7.54. The number of carbonyl (C=O) groups excluding carboxylic acids is 4. The van der Waals surface area contributed by atoms with Gasteiger partial charge in [-0.15, -0.1) is 0 Å². The second-order valence-electron chi connectivity index (χ2n) is 12.2. The van der Waals surface area contributed by atoms with Crippen LogP contribution in [0.1, 0.15) is 110 Å². The summed E-state index contributed by atoms with van der Waals surface area (Å²) in [4.78, 5) is 69.7. The van der Waals surface area contributed by atoms with Crippen molar-refractivity contribution in [2.24, 2.45) is 0 Å². The fourth-order valence-electron chi connectivity index (χ4n) is 4.67. The Morgan fingerprint density at radius 3 is 1.43 bits per heavy atom. The van der Waals surface area contributed by atoms with Gasteiger partial charge >= 0.3 is 11.9 Å². The summed E-state index contributed by atoms with van der Waals surface area (Å²) in [7, 11) is 0. The molecule has 1 unspecified atom stereocenters. The molecule has 0 rings (SSSR count). The molecule has 4 amide bonds. The molecule has 0 aliphatic rings. The Morgan fingerprint density at radius 2 is 0.941 bits per heavy atom. The van der Waals surface area contributed by atoms with E-state index in [1.54, 1.807) is 0 Å². The van der Waals surface area contributed by atoms with Gasteiger partial charge in [-0.1, -0.05) is 64.7 Å². The van der Waals surface area contributed by atoms with Crippen LogP contribution in [-0.2, 0) is 47.7 Å². The topological polar surface area (TPSA) is 228 Å². The predicted octanol–water partition coefficient (Wildman–Crippen LogP) is 2.32. The van der Waals surface area contributed by atoms with E-state index in [1.165, 1.54) is 0 Å². The van der Waals surface area contributed by atoms with Crippen molar-refractivity contribution >= 4 is 35.6 Å². The number of hydrogen-bond donors (Lipinski definition) is 6. The lowest BCUT2D eigenvalue weighted by molar-refractivity contribution is -0.142. The molecular weight excluding hydrogens is 668 g/mol. The summed E-state index contributed by atoms with van der Waals surface area (Å²) in [6, 6.07) is -1.14. The van der Waals surface area contributed by atoms with Gasteiger partial charge < -0.3 is 50.4 Å². The Balaban J connectivity index is 3.68. The Morgan fingerprint density at radius 1 is 0.490 bits per heavy atom. The minimum absolute atomic E-state index is 0.0110. The number of rotatable bonds is 37. The molecule has 0 heterocycles. The first-order valence-electron chi connectivity index (χ1n) is 18.5. The van der Waals surface area contributed by atoms with Crippen LogP contribution < -0.4 is 21.3 Å². The average Bonchev–Trinajstić information content (AvgIpc) is 3.09. The van der Waals surface area contributed by atoms with E-state index < -0.39 is 18.0 Å². The number of hydrogen-bond acceptors (Lipinski definition) is 10. The van der Waals surface area contributed by atoms with Gasteiger partial charge in [0.2, 0.25) is 23.6 Å². The van der Waals surface area contributed by atoms with Crippen LogP contribution in [0.2, 0.25) is 0 Å². The Bertz CT molecular complexity index is 954. The van der Waals surface area contributed by atoms with Gasteiger partial charge in [0.25, 0.3) is 0 Å². The maximum absolute atomic E-state index is 12.2. The summed E-state index contributed by atoms with van der Waals surface area (Å²) < 4.78 is 21.2. The zero-order chi connectivity index (χ0) is 37.8. The molecule has 0 bridgehead atoms. The van der Waals surface area contributed by atoms with Crippen LogP contribution in [0.3, 0.4) is 0 Å². The van der Waals surface area contributed by atoms with Crippen LogP contribution in [0.5, 0.6) is 0 Å². The average molecular weight is 733 g/mol. The molecule has 296 valence electrons. The predicted molar refractivity (Wildman–Crippen MR) is 189 cm³/mol. The quantitative estimate of drug-likeness (QED) is 0.0506. The van der Waals surface area contributed by atoms with E-state index in [-0.39, 0.29) is 95.5 Å². The van der Waals surface area contributed by atoms with Crippen molar-refractivity contribution in [1.82, 2.24) is 21.3 Å². The maximum atomic E-state index is 12.2. The summed E-state index contributed by atoms with van der Waals surface area (Å²) in [6.45, 7) is 4.54. The molecule has 51 heavy (non-hydrogen) atoms. The van der Waals surface area contributed by atoms with E-state index in [0.717, 1.165) is 70.6 Å². The number of amides is 4. The number of ether oxygens (including phenoxy) is 4. The van der Waals surface area contributed by atoms with E-state index in [9.17, 15) is 33.9 Å². The minimum atomic E-state index is -1.19. The van der Waals surface area contributed by atoms with Gasteiger partial charge in [-0.2, -0.15) is 0 Å². The maximum Gasteiger partial charge on any atom is 0.326 e. The second kappa shape index (κ2) is 35.1. The first-order valence-corrected chi connectivity index (χ1v) is 18.5. The van der Waals surface area contributed by atoms with E-state index in [4.69, 9.17) is 24.1 Å². The lowest BCUT2D eigenvalue weighted by Crippen LogP contribution is -2.41. The molecule has 0 saturated heterocycles. The lowest BCUT2D eigenvalue weighted by atomic mass is 10.0. The first kappa shape index (κ1) is 47.7. The highest BCUT2D eigenvalue weighted by Crippen LogP contribution is 2.12. The van der Waals surface area contributed by atoms with E-state index >= 15 is 0 Å². The van der Waals surface area contributed by atoms with Gasteiger partial charge in [-0.05, 0) is 25.7 Å². The fraction of sp³-hybridized carbons (Fsp3) is 0.829. The van der Waals surface area contributed by atoms with Crippen molar-refractivity contribution in [3.8, 4) is 0 Å². The molecule has 6 N–H and O–H groups in total. The van der Waals surface area contributed by atoms with E-state index in [0.29, 0.717) is 32.7 Å². The highest BCUT2D eigenvalue weighted by atomic mass is 16.5. The minimum Gasteiger partial charge on any atom is -0.481 e. The molecule has 0 aromatic heterocycles. The summed E-state index contributed by atoms with van der Waals surface area (Å²) in [5.74, 6) is -3.08. The van der Waals surface area contributed by atoms with Crippen LogP contribution >= 0.6 is 0 Å². The van der Waals surface area contributed by atoms with Gasteiger partial charge in [0.15, 0.2) is 0 Å². The lowest BCUT2D eigenvalue weighted by Gasteiger charge is -2.14. The van der Waals surface area contributed by atoms with Crippen molar-refractivity contribution in [3.05, 3.63) is 0 Å². The molecule has 1 atom stereocenters. The molecule has 0 aliphatic carbocycles. The summed E-state index contributed by atoms with van der Waals surface area (Å²) in [5, 5.41) is 28.6. The van der Waals surface area contributed by atoms with Crippen molar-refractivity contribution in [2.75, 3.05) is 72.5 Å². The van der Waals surface area contributed by atoms with Crippen LogP contribution in [0.15, 0.2) is 0 Å². The Labute approximate surface area is 302 Å². The molecule has 0 spiro atoms. The second-order valence-corrected chi connectivity index (χ2v) is 12.2. The summed E-state index contributed by atoms with van der Waals surface area (Å²) in [6.07, 6.45) is 12.0. The number of carbonyl (C=O) groups is 6. The van der Waals surface area contributed by atoms with E-state index in [1.807, 2.05) is 6.92 Å². The molecule has 0 saturated carbocycles. The van der Waals surface area contributed by atoms with Crippen LogP contribution in [0, 0.1) is 0 Å². The zero-order valence-corrected chi connectivity index (χ0v) is 30.6. The van der Waals surface area contributed by atoms with Crippen molar-refractivity contribution in [1.29, 1.82) is 0 Å². The molecule has 16 nitrogen and oxygen atoms in total. The van der Waals surface area contributed by atoms with Gasteiger partial charge in [-0.25, -0.2) is 4.79 Å². The molecule has 0 aliphatic heterocycles. The molecule has 0 radical (unpaired) electrons. The van der Waals surface area contributed by atoms with Gasteiger partial charge in [0, 0.05) is 38.9 Å². The molecule has 0 aromatic rings. The SMILES string of the molecule is CCCCNC(=O)COCCOCCNC(=O)COCCOCCNC(=O)CCC(NC(=O)CCCCCCCCCCCCC(=O)O)C(=O)O. The van der Waals surface area contributed by atoms with Crippen LogP contribution in [0.4, 0.5) is 0 Å². The number of carboxylic acid groups (broad SMARTS) is 2. The van der Waals surface area contributed by atoms with E-state index in [2.05, 4.69) is 21.3 Å². The third-order valence-electron chi connectivity index (χ3n) is 7.54. The standard InChI is InChI=1S/C35H64N4O12/c1-2-3-18-36-32(42)27-50-25-24-49-22-20-38-33(43)28-51-26-23-48-21-19-37-30(40)17-16-29(35(46)47)39-31(41)14-12-10-8-6-4-5-7-9-11-13-15-34(44)45/h29H,2-28H2,1H3,(H,36,42)(H,37,40)(H,38,43)(H,39,41)(H,44,45)(H,46,47). The molecule has 16 heteroatoms. The van der Waals surface area contributed by atoms with Crippen molar-refractivity contribution in [3.63, 3.8) is 0 Å². The molecule has 0 aromatic carbocycles. The van der Waals surface area contributed by atoms with Crippen molar-refractivity contribution in [2.45, 2.75) is 116 Å². The highest BCUT2D eigenvalue weighted by Gasteiger charge is 2.20. The number of aliphatic carboxylic acids is 2. The van der Waals surface area contributed by atoms with Gasteiger partial charge in [0.1, 0.15) is 19.3 Å². The Kier molecular flexibility index (Phi) is 32.8.